The van der Waals surface area contributed by atoms with E-state index in [-0.39, 0.29) is 24.8 Å². The molecule has 0 heterocycles. The van der Waals surface area contributed by atoms with Crippen LogP contribution in [0.25, 0.3) is 0 Å². The Morgan fingerprint density at radius 1 is 1.42 bits per heavy atom. The quantitative estimate of drug-likeness (QED) is 0.726. The second-order valence-corrected chi connectivity index (χ2v) is 4.99. The first kappa shape index (κ1) is 15.6. The van der Waals surface area contributed by atoms with Crippen LogP contribution in [0.15, 0.2) is 22.7 Å². The van der Waals surface area contributed by atoms with E-state index in [1.807, 2.05) is 0 Å². The van der Waals surface area contributed by atoms with Crippen molar-refractivity contribution < 1.29 is 19.1 Å². The largest absolute Gasteiger partial charge is 0.396 e. The number of aliphatic hydroxyl groups excluding tert-OH is 1. The number of anilines is 1. The molecule has 104 valence electrons. The van der Waals surface area contributed by atoms with Gasteiger partial charge in [-0.15, -0.1) is 0 Å². The van der Waals surface area contributed by atoms with E-state index in [1.54, 1.807) is 6.92 Å². The van der Waals surface area contributed by atoms with Crippen LogP contribution in [0.1, 0.15) is 6.92 Å². The highest BCUT2D eigenvalue weighted by Gasteiger charge is 2.16. The minimum atomic E-state index is -0.956. The number of nitrogens with one attached hydrogen (secondary N) is 2. The minimum absolute atomic E-state index is 0.0790. The molecule has 1 aromatic carbocycles. The highest BCUT2D eigenvalue weighted by atomic mass is 79.9. The number of carbonyl (C=O) groups excluding carboxylic acids is 2. The topological polar surface area (TPSA) is 78.4 Å². The van der Waals surface area contributed by atoms with Crippen LogP contribution in [-0.2, 0) is 9.59 Å². The van der Waals surface area contributed by atoms with Crippen LogP contribution in [0.5, 0.6) is 0 Å². The highest BCUT2D eigenvalue weighted by Crippen LogP contribution is 2.19. The van der Waals surface area contributed by atoms with E-state index in [4.69, 9.17) is 5.11 Å². The van der Waals surface area contributed by atoms with Crippen molar-refractivity contribution in [2.45, 2.75) is 6.92 Å². The van der Waals surface area contributed by atoms with Gasteiger partial charge in [-0.1, -0.05) is 22.9 Å². The van der Waals surface area contributed by atoms with E-state index in [9.17, 15) is 14.0 Å². The van der Waals surface area contributed by atoms with Crippen LogP contribution in [-0.4, -0.2) is 30.1 Å². The average molecular weight is 333 g/mol. The Labute approximate surface area is 118 Å². The summed E-state index contributed by atoms with van der Waals surface area (Å²) in [5.41, 5.74) is -0.0790. The van der Waals surface area contributed by atoms with Crippen LogP contribution in [0, 0.1) is 11.7 Å². The molecule has 0 bridgehead atoms. The zero-order valence-electron chi connectivity index (χ0n) is 10.2. The molecule has 1 rings (SSSR count). The number of rotatable bonds is 4. The van der Waals surface area contributed by atoms with E-state index in [0.717, 1.165) is 0 Å². The molecule has 0 radical (unpaired) electrons. The lowest BCUT2D eigenvalue weighted by Crippen LogP contribution is -2.38. The molecule has 1 aromatic rings. The standard InChI is InChI=1S/C12H14BrFN2O3/c1-7(6-17)5-15-11(18)12(19)16-10-4-8(13)2-3-9(10)14/h2-4,7,17H,5-6H2,1H3,(H,15,18)(H,16,19). The van der Waals surface area contributed by atoms with E-state index >= 15 is 0 Å². The first-order chi connectivity index (χ1) is 8.93. The van der Waals surface area contributed by atoms with Crippen molar-refractivity contribution in [3.8, 4) is 0 Å². The molecule has 7 heteroatoms. The molecule has 1 atom stereocenters. The van der Waals surface area contributed by atoms with Gasteiger partial charge in [-0.2, -0.15) is 0 Å². The lowest BCUT2D eigenvalue weighted by molar-refractivity contribution is -0.136. The first-order valence-corrected chi connectivity index (χ1v) is 6.38. The van der Waals surface area contributed by atoms with Gasteiger partial charge in [0.1, 0.15) is 5.82 Å². The summed E-state index contributed by atoms with van der Waals surface area (Å²) in [4.78, 5) is 22.9. The number of amides is 2. The number of hydrogen-bond acceptors (Lipinski definition) is 3. The second-order valence-electron chi connectivity index (χ2n) is 4.08. The molecule has 0 fully saturated rings. The number of halogens is 2. The predicted octanol–water partition coefficient (Wildman–Crippen LogP) is 1.27. The molecule has 3 N–H and O–H groups in total. The van der Waals surface area contributed by atoms with Gasteiger partial charge >= 0.3 is 11.8 Å². The fraction of sp³-hybridized carbons (Fsp3) is 0.333. The van der Waals surface area contributed by atoms with Gasteiger partial charge in [0.2, 0.25) is 0 Å². The predicted molar refractivity (Wildman–Crippen MR) is 72.0 cm³/mol. The number of aliphatic hydroxyl groups is 1. The number of benzene rings is 1. The van der Waals surface area contributed by atoms with E-state index in [2.05, 4.69) is 26.6 Å². The Morgan fingerprint density at radius 3 is 2.74 bits per heavy atom. The molecule has 0 aliphatic heterocycles. The zero-order chi connectivity index (χ0) is 14.4. The number of hydrogen-bond donors (Lipinski definition) is 3. The molecular formula is C12H14BrFN2O3. The average Bonchev–Trinajstić information content (AvgIpc) is 2.39. The number of carbonyl (C=O) groups is 2. The lowest BCUT2D eigenvalue weighted by Gasteiger charge is -2.10. The summed E-state index contributed by atoms with van der Waals surface area (Å²) in [5, 5.41) is 13.3. The molecule has 0 saturated heterocycles. The monoisotopic (exact) mass is 332 g/mol. The maximum Gasteiger partial charge on any atom is 0.313 e. The van der Waals surface area contributed by atoms with Gasteiger partial charge in [0.15, 0.2) is 0 Å². The van der Waals surface area contributed by atoms with Crippen LogP contribution < -0.4 is 10.6 Å². The van der Waals surface area contributed by atoms with E-state index in [0.29, 0.717) is 4.47 Å². The van der Waals surface area contributed by atoms with Crippen molar-refractivity contribution in [2.75, 3.05) is 18.5 Å². The first-order valence-electron chi connectivity index (χ1n) is 5.59. The van der Waals surface area contributed by atoms with Gasteiger partial charge in [0, 0.05) is 17.6 Å². The molecule has 0 aliphatic rings. The van der Waals surface area contributed by atoms with Gasteiger partial charge in [0.05, 0.1) is 5.69 Å². The summed E-state index contributed by atoms with van der Waals surface area (Å²) in [6.45, 7) is 1.79. The molecule has 5 nitrogen and oxygen atoms in total. The van der Waals surface area contributed by atoms with Crippen molar-refractivity contribution >= 4 is 33.4 Å². The fourth-order valence-electron chi connectivity index (χ4n) is 1.18. The molecular weight excluding hydrogens is 319 g/mol. The third-order valence-corrected chi connectivity index (χ3v) is 2.80. The molecule has 0 aliphatic carbocycles. The Balaban J connectivity index is 2.59. The summed E-state index contributed by atoms with van der Waals surface area (Å²) in [5.74, 6) is -2.62. The Morgan fingerprint density at radius 2 is 2.11 bits per heavy atom. The van der Waals surface area contributed by atoms with Gasteiger partial charge in [-0.25, -0.2) is 4.39 Å². The summed E-state index contributed by atoms with van der Waals surface area (Å²) < 4.78 is 13.9. The molecule has 0 spiro atoms. The molecule has 2 amide bonds. The molecule has 19 heavy (non-hydrogen) atoms. The summed E-state index contributed by atoms with van der Waals surface area (Å²) in [7, 11) is 0. The lowest BCUT2D eigenvalue weighted by atomic mass is 10.2. The minimum Gasteiger partial charge on any atom is -0.396 e. The van der Waals surface area contributed by atoms with Gasteiger partial charge < -0.3 is 15.7 Å². The second kappa shape index (κ2) is 7.20. The Bertz CT molecular complexity index is 482. The van der Waals surface area contributed by atoms with Crippen LogP contribution in [0.3, 0.4) is 0 Å². The normalized spacial score (nSPS) is 11.8. The van der Waals surface area contributed by atoms with Crippen LogP contribution in [0.4, 0.5) is 10.1 Å². The molecule has 0 saturated carbocycles. The summed E-state index contributed by atoms with van der Waals surface area (Å²) >= 11 is 3.14. The van der Waals surface area contributed by atoms with Crippen molar-refractivity contribution in [1.29, 1.82) is 0 Å². The van der Waals surface area contributed by atoms with Crippen LogP contribution >= 0.6 is 15.9 Å². The smallest absolute Gasteiger partial charge is 0.313 e. The fourth-order valence-corrected chi connectivity index (χ4v) is 1.55. The molecule has 0 aromatic heterocycles. The van der Waals surface area contributed by atoms with Crippen molar-refractivity contribution in [1.82, 2.24) is 5.32 Å². The third-order valence-electron chi connectivity index (χ3n) is 2.31. The summed E-state index contributed by atoms with van der Waals surface area (Å²) in [6.07, 6.45) is 0. The van der Waals surface area contributed by atoms with Gasteiger partial charge in [-0.05, 0) is 24.1 Å². The van der Waals surface area contributed by atoms with Crippen LogP contribution in [0.2, 0.25) is 0 Å². The Hall–Kier alpha value is -1.47. The Kier molecular flexibility index (Phi) is 5.91. The summed E-state index contributed by atoms with van der Waals surface area (Å²) in [6, 6.07) is 4.01. The van der Waals surface area contributed by atoms with E-state index < -0.39 is 17.6 Å². The SMILES string of the molecule is CC(CO)CNC(=O)C(=O)Nc1cc(Br)ccc1F. The maximum atomic E-state index is 13.4. The third kappa shape index (κ3) is 4.96. The van der Waals surface area contributed by atoms with Crippen molar-refractivity contribution in [3.63, 3.8) is 0 Å². The van der Waals surface area contributed by atoms with Gasteiger partial charge in [0.25, 0.3) is 0 Å². The van der Waals surface area contributed by atoms with E-state index in [1.165, 1.54) is 18.2 Å². The van der Waals surface area contributed by atoms with Crippen molar-refractivity contribution in [2.24, 2.45) is 5.92 Å². The molecule has 1 unspecified atom stereocenters. The maximum absolute atomic E-state index is 13.4. The van der Waals surface area contributed by atoms with Crippen molar-refractivity contribution in [3.05, 3.63) is 28.5 Å². The van der Waals surface area contributed by atoms with Gasteiger partial charge in [-0.3, -0.25) is 9.59 Å². The highest BCUT2D eigenvalue weighted by molar-refractivity contribution is 9.10. The zero-order valence-corrected chi connectivity index (χ0v) is 11.8.